The Balaban J connectivity index is 0.819. The highest BCUT2D eigenvalue weighted by Crippen LogP contribution is 2.44. The van der Waals surface area contributed by atoms with E-state index in [1.54, 1.807) is 54.1 Å². The number of rotatable bonds is 11. The van der Waals surface area contributed by atoms with Crippen LogP contribution in [0.2, 0.25) is 0 Å². The molecule has 2 aromatic heterocycles. The lowest BCUT2D eigenvalue weighted by Gasteiger charge is -2.42. The topological polar surface area (TPSA) is 188 Å². The Morgan fingerprint density at radius 2 is 1.68 bits per heavy atom. The van der Waals surface area contributed by atoms with Gasteiger partial charge in [-0.25, -0.2) is 13.6 Å². The van der Waals surface area contributed by atoms with Gasteiger partial charge in [-0.05, 0) is 88.3 Å². The van der Waals surface area contributed by atoms with Gasteiger partial charge in [0.25, 0.3) is 18.2 Å². The monoisotopic (exact) mass is 1010 g/mol. The van der Waals surface area contributed by atoms with Gasteiger partial charge in [0.05, 0.1) is 36.0 Å². The summed E-state index contributed by atoms with van der Waals surface area (Å²) < 4.78 is 45.6. The third kappa shape index (κ3) is 9.92. The molecule has 3 saturated heterocycles. The highest BCUT2D eigenvalue weighted by atomic mass is 19.3. The van der Waals surface area contributed by atoms with Crippen molar-refractivity contribution in [2.45, 2.75) is 109 Å². The molecule has 4 aromatic rings. The molecule has 6 aliphatic rings. The summed E-state index contributed by atoms with van der Waals surface area (Å²) in [6.45, 7) is 13.2. The number of nitrogens with one attached hydrogen (secondary N) is 1. The number of alkyl halides is 2. The third-order valence-corrected chi connectivity index (χ3v) is 15.1. The van der Waals surface area contributed by atoms with Crippen molar-refractivity contribution >= 4 is 47.1 Å². The van der Waals surface area contributed by atoms with E-state index in [0.717, 1.165) is 85.1 Å². The van der Waals surface area contributed by atoms with E-state index in [9.17, 15) is 37.5 Å². The number of benzene rings is 2. The molecule has 2 atom stereocenters. The molecule has 0 radical (unpaired) electrons. The number of halogens is 2. The minimum absolute atomic E-state index is 0.000663. The molecule has 6 amide bonds. The summed E-state index contributed by atoms with van der Waals surface area (Å²) in [7, 11) is 1.77. The van der Waals surface area contributed by atoms with Crippen LogP contribution in [-0.4, -0.2) is 163 Å². The number of aryl methyl sites for hydroxylation is 2. The van der Waals surface area contributed by atoms with E-state index in [1.807, 2.05) is 31.7 Å². The molecule has 0 spiro atoms. The first-order valence-corrected chi connectivity index (χ1v) is 25.4. The van der Waals surface area contributed by atoms with Gasteiger partial charge in [0.15, 0.2) is 5.82 Å². The Bertz CT molecular complexity index is 2850. The summed E-state index contributed by atoms with van der Waals surface area (Å²) in [6, 6.07) is 6.75. The molecule has 21 heteroatoms. The van der Waals surface area contributed by atoms with E-state index in [0.29, 0.717) is 56.8 Å². The van der Waals surface area contributed by atoms with Gasteiger partial charge >= 0.3 is 6.09 Å². The van der Waals surface area contributed by atoms with Gasteiger partial charge in [-0.2, -0.15) is 10.2 Å². The summed E-state index contributed by atoms with van der Waals surface area (Å²) in [6.07, 6.45) is 4.13. The largest absolute Gasteiger partial charge is 0.491 e. The number of anilines is 2. The summed E-state index contributed by atoms with van der Waals surface area (Å²) in [4.78, 5) is 89.5. The maximum Gasteiger partial charge on any atom is 0.410 e. The number of nitrogens with zero attached hydrogens (tertiary/aromatic N) is 10. The molecule has 6 aliphatic heterocycles. The lowest BCUT2D eigenvalue weighted by atomic mass is 9.92. The minimum atomic E-state index is -2.70. The second-order valence-corrected chi connectivity index (χ2v) is 21.0. The molecule has 73 heavy (non-hydrogen) atoms. The first-order chi connectivity index (χ1) is 34.9. The Labute approximate surface area is 422 Å². The molecule has 10 rings (SSSR count). The Morgan fingerprint density at radius 3 is 2.40 bits per heavy atom. The SMILES string of the molecule is CC(=O)N1CCc2c(c(N3CCCc4cc(-c5cnn(C)c5)c(C(F)F)cc43)nn2C2CCN(CCN3CCN(C(=O)OC(C)(C)C)C(COc4cccc5c4C(=O)N(C4CCC(=O)NC4=O)C5=O)C3)CC2)C1. The standard InChI is InChI=1S/C52H63F2N11O8/c1-31(66)61-19-15-40-39(29-61)47(63-16-7-8-32-24-37(33-26-55-58(5)27-33)38(46(53)54)25-42(32)63)57-65(40)34-13-17-59(18-14-34)20-21-60-22-23-62(51(71)73-52(2,3)4)35(28-60)30-72-43-10-6-9-36-45(43)50(70)64(49(36)69)41-11-12-44(67)56-48(41)68/h6,9-10,24-27,34-35,41,46H,7-8,11-23,28-30H2,1-5H3,(H,56,67,68). The Kier molecular flexibility index (Phi) is 13.6. The molecular formula is C52H63F2N11O8. The van der Waals surface area contributed by atoms with Crippen LogP contribution in [-0.2, 0) is 45.6 Å². The Hall–Kier alpha value is -6.74. The number of carbonyl (C=O) groups excluding carboxylic acids is 6. The zero-order chi connectivity index (χ0) is 51.5. The van der Waals surface area contributed by atoms with Gasteiger partial charge in [0.2, 0.25) is 17.7 Å². The second kappa shape index (κ2) is 19.9. The molecule has 3 fully saturated rings. The van der Waals surface area contributed by atoms with Crippen molar-refractivity contribution in [3.05, 3.63) is 76.2 Å². The number of hydrogen-bond acceptors (Lipinski definition) is 13. The number of imide groups is 2. The van der Waals surface area contributed by atoms with Gasteiger partial charge in [0.1, 0.15) is 24.0 Å². The number of amides is 6. The number of ether oxygens (including phenoxy) is 2. The van der Waals surface area contributed by atoms with Crippen molar-refractivity contribution in [3.8, 4) is 16.9 Å². The van der Waals surface area contributed by atoms with E-state index >= 15 is 0 Å². The van der Waals surface area contributed by atoms with Crippen molar-refractivity contribution < 1.29 is 47.0 Å². The van der Waals surface area contributed by atoms with Crippen molar-refractivity contribution in [3.63, 3.8) is 0 Å². The number of aromatic nitrogens is 4. The first-order valence-electron chi connectivity index (χ1n) is 25.4. The molecule has 0 saturated carbocycles. The highest BCUT2D eigenvalue weighted by Gasteiger charge is 2.46. The molecule has 19 nitrogen and oxygen atoms in total. The van der Waals surface area contributed by atoms with Crippen molar-refractivity contribution in [2.24, 2.45) is 7.05 Å². The highest BCUT2D eigenvalue weighted by molar-refractivity contribution is 6.24. The predicted molar refractivity (Wildman–Crippen MR) is 262 cm³/mol. The van der Waals surface area contributed by atoms with E-state index in [4.69, 9.17) is 14.6 Å². The summed E-state index contributed by atoms with van der Waals surface area (Å²) >= 11 is 0. The minimum Gasteiger partial charge on any atom is -0.491 e. The number of carbonyl (C=O) groups is 6. The van der Waals surface area contributed by atoms with E-state index in [2.05, 4.69) is 29.8 Å². The van der Waals surface area contributed by atoms with Crippen molar-refractivity contribution in [1.29, 1.82) is 0 Å². The maximum absolute atomic E-state index is 14.8. The van der Waals surface area contributed by atoms with Crippen molar-refractivity contribution in [1.82, 2.24) is 49.4 Å². The van der Waals surface area contributed by atoms with Gasteiger partial charge in [0, 0.05) is 120 Å². The van der Waals surface area contributed by atoms with Gasteiger partial charge in [-0.15, -0.1) is 0 Å². The number of likely N-dealkylation sites (tertiary alicyclic amines) is 1. The molecule has 2 aromatic carbocycles. The molecule has 2 unspecified atom stereocenters. The number of fused-ring (bicyclic) bond motifs is 3. The van der Waals surface area contributed by atoms with Crippen LogP contribution in [0.4, 0.5) is 25.1 Å². The van der Waals surface area contributed by atoms with Crippen LogP contribution < -0.4 is 15.0 Å². The van der Waals surface area contributed by atoms with E-state index in [-0.39, 0.29) is 53.8 Å². The molecule has 8 heterocycles. The first kappa shape index (κ1) is 49.8. The summed E-state index contributed by atoms with van der Waals surface area (Å²) in [5, 5.41) is 11.8. The lowest BCUT2D eigenvalue weighted by molar-refractivity contribution is -0.136. The van der Waals surface area contributed by atoms with Crippen LogP contribution in [0.25, 0.3) is 11.1 Å². The van der Waals surface area contributed by atoms with Crippen LogP contribution in [0.15, 0.2) is 42.7 Å². The average molecular weight is 1010 g/mol. The quantitative estimate of drug-likeness (QED) is 0.192. The van der Waals surface area contributed by atoms with Crippen LogP contribution >= 0.6 is 0 Å². The maximum atomic E-state index is 14.8. The fraction of sp³-hybridized carbons (Fsp3) is 0.538. The average Bonchev–Trinajstić information content (AvgIpc) is 4.04. The number of piperidine rings is 2. The molecule has 1 N–H and O–H groups in total. The van der Waals surface area contributed by atoms with Crippen LogP contribution in [0, 0.1) is 0 Å². The number of piperazine rings is 1. The molecule has 0 bridgehead atoms. The van der Waals surface area contributed by atoms with Gasteiger partial charge < -0.3 is 24.2 Å². The van der Waals surface area contributed by atoms with Crippen LogP contribution in [0.1, 0.15) is 115 Å². The predicted octanol–water partition coefficient (Wildman–Crippen LogP) is 5.25. The third-order valence-electron chi connectivity index (χ3n) is 15.1. The zero-order valence-electron chi connectivity index (χ0n) is 42.1. The normalized spacial score (nSPS) is 21.2. The summed E-state index contributed by atoms with van der Waals surface area (Å²) in [5.41, 5.74) is 4.25. The number of hydrogen-bond donors (Lipinski definition) is 1. The lowest BCUT2D eigenvalue weighted by Crippen LogP contribution is -2.58. The fourth-order valence-electron chi connectivity index (χ4n) is 11.4. The summed E-state index contributed by atoms with van der Waals surface area (Å²) in [5.74, 6) is -1.59. The van der Waals surface area contributed by atoms with Gasteiger partial charge in [-0.3, -0.25) is 53.4 Å². The molecule has 388 valence electrons. The van der Waals surface area contributed by atoms with E-state index in [1.165, 1.54) is 6.07 Å². The molecular weight excluding hydrogens is 945 g/mol. The van der Waals surface area contributed by atoms with Crippen molar-refractivity contribution in [2.75, 3.05) is 70.4 Å². The fourth-order valence-corrected chi connectivity index (χ4v) is 11.4. The van der Waals surface area contributed by atoms with E-state index < -0.39 is 53.8 Å². The Morgan fingerprint density at radius 1 is 0.904 bits per heavy atom. The van der Waals surface area contributed by atoms with Gasteiger partial charge in [-0.1, -0.05) is 6.07 Å². The second-order valence-electron chi connectivity index (χ2n) is 21.0. The smallest absolute Gasteiger partial charge is 0.410 e. The van der Waals surface area contributed by atoms with Crippen LogP contribution in [0.5, 0.6) is 5.75 Å². The van der Waals surface area contributed by atoms with Crippen LogP contribution in [0.3, 0.4) is 0 Å². The zero-order valence-corrected chi connectivity index (χ0v) is 42.1. The molecule has 0 aliphatic carbocycles.